The summed E-state index contributed by atoms with van der Waals surface area (Å²) < 4.78 is 11.0. The summed E-state index contributed by atoms with van der Waals surface area (Å²) in [5.74, 6) is 2.39. The molecule has 1 aromatic carbocycles. The van der Waals surface area contributed by atoms with Gasteiger partial charge in [0.1, 0.15) is 5.58 Å². The Morgan fingerprint density at radius 3 is 2.85 bits per heavy atom. The summed E-state index contributed by atoms with van der Waals surface area (Å²) in [5.41, 5.74) is 1.60. The number of amides is 1. The van der Waals surface area contributed by atoms with Crippen LogP contribution in [0.25, 0.3) is 11.0 Å². The molecule has 0 N–H and O–H groups in total. The summed E-state index contributed by atoms with van der Waals surface area (Å²) >= 11 is 1.88. The summed E-state index contributed by atoms with van der Waals surface area (Å²) in [6.45, 7) is 1.96. The molecule has 0 saturated carbocycles. The molecule has 1 fully saturated rings. The molecule has 106 valence electrons. The first-order chi connectivity index (χ1) is 9.81. The molecule has 1 aliphatic heterocycles. The van der Waals surface area contributed by atoms with E-state index in [1.807, 2.05) is 40.9 Å². The molecular formula is C15H17NO3S. The Morgan fingerprint density at radius 2 is 2.10 bits per heavy atom. The van der Waals surface area contributed by atoms with Crippen molar-refractivity contribution in [2.24, 2.45) is 0 Å². The first kappa shape index (κ1) is 13.5. The van der Waals surface area contributed by atoms with E-state index in [1.165, 1.54) is 0 Å². The van der Waals surface area contributed by atoms with E-state index in [1.54, 1.807) is 7.11 Å². The van der Waals surface area contributed by atoms with Crippen molar-refractivity contribution < 1.29 is 13.9 Å². The Hall–Kier alpha value is -1.46. The number of furan rings is 1. The van der Waals surface area contributed by atoms with Gasteiger partial charge < -0.3 is 14.1 Å². The standard InChI is InChI=1S/C15H17NO3S/c1-18-10-12-11-4-2-3-5-13(11)19-14(12)15(17)16-6-8-20-9-7-16/h2-5H,6-10H2,1H3. The van der Waals surface area contributed by atoms with Crippen molar-refractivity contribution >= 4 is 28.6 Å². The molecule has 3 rings (SSSR count). The normalized spacial score (nSPS) is 15.8. The van der Waals surface area contributed by atoms with Gasteiger partial charge >= 0.3 is 0 Å². The fraction of sp³-hybridized carbons (Fsp3) is 0.400. The van der Waals surface area contributed by atoms with Crippen LogP contribution in [0, 0.1) is 0 Å². The fourth-order valence-electron chi connectivity index (χ4n) is 2.47. The van der Waals surface area contributed by atoms with Crippen LogP contribution in [0.15, 0.2) is 28.7 Å². The number of thioether (sulfide) groups is 1. The van der Waals surface area contributed by atoms with Crippen LogP contribution in [0.2, 0.25) is 0 Å². The third-order valence-electron chi connectivity index (χ3n) is 3.48. The van der Waals surface area contributed by atoms with E-state index >= 15 is 0 Å². The first-order valence-electron chi connectivity index (χ1n) is 6.67. The van der Waals surface area contributed by atoms with Gasteiger partial charge in [0.15, 0.2) is 5.76 Å². The maximum absolute atomic E-state index is 12.6. The topological polar surface area (TPSA) is 42.7 Å². The monoisotopic (exact) mass is 291 g/mol. The van der Waals surface area contributed by atoms with Crippen LogP contribution >= 0.6 is 11.8 Å². The molecule has 0 radical (unpaired) electrons. The summed E-state index contributed by atoms with van der Waals surface area (Å²) in [4.78, 5) is 14.5. The zero-order chi connectivity index (χ0) is 13.9. The van der Waals surface area contributed by atoms with Crippen LogP contribution in [0.1, 0.15) is 16.1 Å². The summed E-state index contributed by atoms with van der Waals surface area (Å²) in [5, 5.41) is 0.962. The molecule has 1 saturated heterocycles. The maximum atomic E-state index is 12.6. The summed E-state index contributed by atoms with van der Waals surface area (Å²) in [7, 11) is 1.63. The van der Waals surface area contributed by atoms with E-state index in [4.69, 9.17) is 9.15 Å². The number of carbonyl (C=O) groups excluding carboxylic acids is 1. The minimum Gasteiger partial charge on any atom is -0.451 e. The number of fused-ring (bicyclic) bond motifs is 1. The number of benzene rings is 1. The average molecular weight is 291 g/mol. The van der Waals surface area contributed by atoms with Gasteiger partial charge in [-0.25, -0.2) is 0 Å². The number of carbonyl (C=O) groups is 1. The van der Waals surface area contributed by atoms with Crippen LogP contribution in [-0.2, 0) is 11.3 Å². The minimum atomic E-state index is -0.0199. The minimum absolute atomic E-state index is 0.0199. The smallest absolute Gasteiger partial charge is 0.290 e. The highest BCUT2D eigenvalue weighted by molar-refractivity contribution is 7.99. The molecule has 1 amide bonds. The third-order valence-corrected chi connectivity index (χ3v) is 4.42. The number of hydrogen-bond acceptors (Lipinski definition) is 4. The molecule has 0 unspecified atom stereocenters. The van der Waals surface area contributed by atoms with E-state index in [0.29, 0.717) is 12.4 Å². The molecule has 5 heteroatoms. The van der Waals surface area contributed by atoms with E-state index in [0.717, 1.165) is 41.1 Å². The van der Waals surface area contributed by atoms with Crippen LogP contribution in [0.3, 0.4) is 0 Å². The van der Waals surface area contributed by atoms with Crippen LogP contribution < -0.4 is 0 Å². The van der Waals surface area contributed by atoms with Gasteiger partial charge in [-0.05, 0) is 6.07 Å². The van der Waals surface area contributed by atoms with E-state index in [2.05, 4.69) is 0 Å². The maximum Gasteiger partial charge on any atom is 0.290 e. The molecule has 2 heterocycles. The largest absolute Gasteiger partial charge is 0.451 e. The average Bonchev–Trinajstić information content (AvgIpc) is 2.87. The molecule has 0 bridgehead atoms. The summed E-state index contributed by atoms with van der Waals surface area (Å²) in [6, 6.07) is 7.71. The van der Waals surface area contributed by atoms with Crippen molar-refractivity contribution in [3.8, 4) is 0 Å². The number of nitrogens with zero attached hydrogens (tertiary/aromatic N) is 1. The third kappa shape index (κ3) is 2.43. The van der Waals surface area contributed by atoms with Gasteiger partial charge in [0.05, 0.1) is 6.61 Å². The van der Waals surface area contributed by atoms with E-state index in [9.17, 15) is 4.79 Å². The van der Waals surface area contributed by atoms with Crippen LogP contribution in [0.4, 0.5) is 0 Å². The van der Waals surface area contributed by atoms with Gasteiger partial charge in [0.2, 0.25) is 0 Å². The highest BCUT2D eigenvalue weighted by Crippen LogP contribution is 2.28. The van der Waals surface area contributed by atoms with Gasteiger partial charge in [-0.1, -0.05) is 18.2 Å². The molecular weight excluding hydrogens is 274 g/mol. The highest BCUT2D eigenvalue weighted by atomic mass is 32.2. The van der Waals surface area contributed by atoms with Crippen molar-refractivity contribution in [3.63, 3.8) is 0 Å². The Balaban J connectivity index is 2.00. The number of hydrogen-bond donors (Lipinski definition) is 0. The van der Waals surface area contributed by atoms with Gasteiger partial charge in [0.25, 0.3) is 5.91 Å². The zero-order valence-electron chi connectivity index (χ0n) is 11.4. The molecule has 1 aliphatic rings. The molecule has 2 aromatic rings. The predicted molar refractivity (Wildman–Crippen MR) is 80.2 cm³/mol. The SMILES string of the molecule is COCc1c(C(=O)N2CCSCC2)oc2ccccc12. The predicted octanol–water partition coefficient (Wildman–Crippen LogP) is 2.77. The van der Waals surface area contributed by atoms with Gasteiger partial charge in [0, 0.05) is 42.7 Å². The Morgan fingerprint density at radius 1 is 1.35 bits per heavy atom. The lowest BCUT2D eigenvalue weighted by molar-refractivity contribution is 0.0736. The van der Waals surface area contributed by atoms with Crippen molar-refractivity contribution in [2.75, 3.05) is 31.7 Å². The first-order valence-corrected chi connectivity index (χ1v) is 7.83. The molecule has 0 atom stereocenters. The van der Waals surface area contributed by atoms with Crippen molar-refractivity contribution in [1.29, 1.82) is 0 Å². The van der Waals surface area contributed by atoms with E-state index < -0.39 is 0 Å². The molecule has 4 nitrogen and oxygen atoms in total. The zero-order valence-corrected chi connectivity index (χ0v) is 12.2. The Labute approximate surface area is 122 Å². The van der Waals surface area contributed by atoms with Crippen molar-refractivity contribution in [1.82, 2.24) is 4.90 Å². The van der Waals surface area contributed by atoms with Crippen molar-refractivity contribution in [3.05, 3.63) is 35.6 Å². The summed E-state index contributed by atoms with van der Waals surface area (Å²) in [6.07, 6.45) is 0. The van der Waals surface area contributed by atoms with E-state index in [-0.39, 0.29) is 5.91 Å². The lowest BCUT2D eigenvalue weighted by Gasteiger charge is -2.25. The number of para-hydroxylation sites is 1. The number of methoxy groups -OCH3 is 1. The van der Waals surface area contributed by atoms with Crippen LogP contribution in [0.5, 0.6) is 0 Å². The van der Waals surface area contributed by atoms with Gasteiger partial charge in [-0.15, -0.1) is 0 Å². The quantitative estimate of drug-likeness (QED) is 0.872. The Kier molecular flexibility index (Phi) is 3.98. The molecule has 0 spiro atoms. The fourth-order valence-corrected chi connectivity index (χ4v) is 3.37. The molecule has 1 aromatic heterocycles. The van der Waals surface area contributed by atoms with Gasteiger partial charge in [-0.2, -0.15) is 11.8 Å². The molecule has 20 heavy (non-hydrogen) atoms. The highest BCUT2D eigenvalue weighted by Gasteiger charge is 2.26. The van der Waals surface area contributed by atoms with Crippen molar-refractivity contribution in [2.45, 2.75) is 6.61 Å². The Bertz CT molecular complexity index is 617. The molecule has 0 aliphatic carbocycles. The number of ether oxygens (including phenoxy) is 1. The second-order valence-corrected chi connectivity index (χ2v) is 5.97. The van der Waals surface area contributed by atoms with Crippen LogP contribution in [-0.4, -0.2) is 42.5 Å². The second-order valence-electron chi connectivity index (χ2n) is 4.74. The van der Waals surface area contributed by atoms with Gasteiger partial charge in [-0.3, -0.25) is 4.79 Å². The lowest BCUT2D eigenvalue weighted by Crippen LogP contribution is -2.38. The number of rotatable bonds is 3. The second kappa shape index (κ2) is 5.89. The lowest BCUT2D eigenvalue weighted by atomic mass is 10.1.